The Morgan fingerprint density at radius 3 is 1.14 bits per heavy atom. The van der Waals surface area contributed by atoms with Gasteiger partial charge in [0, 0.05) is 0 Å². The molecule has 0 aromatic carbocycles. The monoisotopic (exact) mass is 212 g/mol. The summed E-state index contributed by atoms with van der Waals surface area (Å²) in [6, 6.07) is 0. The lowest BCUT2D eigenvalue weighted by Gasteiger charge is -2.07. The smallest absolute Gasteiger partial charge is 0.335 e. The standard InChI is InChI=1S/C4H6O6.C2H6O2/c5-1(3(7)8)2(6)4(9)10;3-1-2-4/h1-2,5-6H,(H,7,8)(H,9,10);3-4H,1-2H2. The molecule has 0 saturated carbocycles. The lowest BCUT2D eigenvalue weighted by atomic mass is 10.2. The van der Waals surface area contributed by atoms with Crippen molar-refractivity contribution in [3.8, 4) is 0 Å². The summed E-state index contributed by atoms with van der Waals surface area (Å²) in [6.07, 6.45) is -4.53. The molecule has 0 aromatic rings. The maximum absolute atomic E-state index is 9.77. The summed E-state index contributed by atoms with van der Waals surface area (Å²) in [5, 5.41) is 47.8. The highest BCUT2D eigenvalue weighted by Crippen LogP contribution is 1.92. The van der Waals surface area contributed by atoms with Crippen LogP contribution in [0.2, 0.25) is 0 Å². The van der Waals surface area contributed by atoms with Crippen LogP contribution in [0.5, 0.6) is 0 Å². The fraction of sp³-hybridized carbons (Fsp3) is 0.667. The van der Waals surface area contributed by atoms with Gasteiger partial charge in [-0.15, -0.1) is 0 Å². The molecule has 0 amide bonds. The third-order valence-corrected chi connectivity index (χ3v) is 0.905. The van der Waals surface area contributed by atoms with Gasteiger partial charge in [0.15, 0.2) is 12.2 Å². The Balaban J connectivity index is 0. The molecule has 0 aromatic heterocycles. The van der Waals surface area contributed by atoms with E-state index in [9.17, 15) is 9.59 Å². The van der Waals surface area contributed by atoms with Crippen LogP contribution in [-0.2, 0) is 9.59 Å². The summed E-state index contributed by atoms with van der Waals surface area (Å²) in [6.45, 7) is -0.250. The van der Waals surface area contributed by atoms with E-state index in [2.05, 4.69) is 0 Å². The summed E-state index contributed by atoms with van der Waals surface area (Å²) >= 11 is 0. The van der Waals surface area contributed by atoms with Crippen molar-refractivity contribution < 1.29 is 40.2 Å². The van der Waals surface area contributed by atoms with E-state index in [1.807, 2.05) is 0 Å². The van der Waals surface area contributed by atoms with Crippen molar-refractivity contribution in [2.24, 2.45) is 0 Å². The Bertz CT molecular complexity index is 159. The molecule has 6 N–H and O–H groups in total. The Labute approximate surface area is 78.7 Å². The van der Waals surface area contributed by atoms with Gasteiger partial charge in [-0.3, -0.25) is 0 Å². The van der Waals surface area contributed by atoms with Gasteiger partial charge < -0.3 is 30.6 Å². The molecule has 0 saturated heterocycles. The lowest BCUT2D eigenvalue weighted by Crippen LogP contribution is -2.39. The lowest BCUT2D eigenvalue weighted by molar-refractivity contribution is -0.165. The summed E-state index contributed by atoms with van der Waals surface area (Å²) in [7, 11) is 0. The number of aliphatic hydroxyl groups is 4. The number of carboxylic acid groups (broad SMARTS) is 2. The fourth-order valence-electron chi connectivity index (χ4n) is 0.270. The molecular weight excluding hydrogens is 200 g/mol. The Kier molecular flexibility index (Phi) is 9.14. The van der Waals surface area contributed by atoms with Gasteiger partial charge >= 0.3 is 11.9 Å². The van der Waals surface area contributed by atoms with Gasteiger partial charge in [-0.05, 0) is 0 Å². The second-order valence-electron chi connectivity index (χ2n) is 2.01. The van der Waals surface area contributed by atoms with Gasteiger partial charge in [-0.25, -0.2) is 9.59 Å². The predicted molar refractivity (Wildman–Crippen MR) is 41.5 cm³/mol. The molecule has 8 nitrogen and oxygen atoms in total. The third kappa shape index (κ3) is 7.43. The van der Waals surface area contributed by atoms with Gasteiger partial charge in [0.1, 0.15) is 0 Å². The quantitative estimate of drug-likeness (QED) is 0.285. The molecular formula is C6H12O8. The van der Waals surface area contributed by atoms with Crippen LogP contribution in [0.3, 0.4) is 0 Å². The van der Waals surface area contributed by atoms with Crippen LogP contribution in [0.25, 0.3) is 0 Å². The highest BCUT2D eigenvalue weighted by atomic mass is 16.4. The number of carboxylic acids is 2. The zero-order chi connectivity index (χ0) is 11.7. The average Bonchev–Trinajstić information content (AvgIpc) is 2.15. The molecule has 0 fully saturated rings. The summed E-state index contributed by atoms with van der Waals surface area (Å²) in [4.78, 5) is 19.5. The summed E-state index contributed by atoms with van der Waals surface area (Å²) in [5.74, 6) is -3.54. The van der Waals surface area contributed by atoms with Crippen LogP contribution in [0.1, 0.15) is 0 Å². The van der Waals surface area contributed by atoms with E-state index in [-0.39, 0.29) is 13.2 Å². The minimum atomic E-state index is -2.27. The molecule has 0 aliphatic carbocycles. The molecule has 0 rings (SSSR count). The molecule has 0 spiro atoms. The van der Waals surface area contributed by atoms with Crippen LogP contribution in [0, 0.1) is 0 Å². The molecule has 0 radical (unpaired) electrons. The number of aliphatic hydroxyl groups excluding tert-OH is 4. The predicted octanol–water partition coefficient (Wildman–Crippen LogP) is -3.15. The number of rotatable bonds is 4. The fourth-order valence-corrected chi connectivity index (χ4v) is 0.270. The van der Waals surface area contributed by atoms with E-state index in [1.165, 1.54) is 0 Å². The van der Waals surface area contributed by atoms with Crippen molar-refractivity contribution in [1.29, 1.82) is 0 Å². The molecule has 0 bridgehead atoms. The van der Waals surface area contributed by atoms with Crippen LogP contribution in [0.15, 0.2) is 0 Å². The molecule has 8 heteroatoms. The van der Waals surface area contributed by atoms with Crippen molar-refractivity contribution in [2.75, 3.05) is 13.2 Å². The minimum Gasteiger partial charge on any atom is -0.479 e. The second-order valence-corrected chi connectivity index (χ2v) is 2.01. The minimum absolute atomic E-state index is 0.125. The van der Waals surface area contributed by atoms with E-state index in [1.54, 1.807) is 0 Å². The van der Waals surface area contributed by atoms with Crippen molar-refractivity contribution in [2.45, 2.75) is 12.2 Å². The summed E-state index contributed by atoms with van der Waals surface area (Å²) < 4.78 is 0. The average molecular weight is 212 g/mol. The number of hydrogen-bond donors (Lipinski definition) is 6. The van der Waals surface area contributed by atoms with Crippen LogP contribution >= 0.6 is 0 Å². The first-order valence-corrected chi connectivity index (χ1v) is 3.41. The number of aliphatic carboxylic acids is 2. The normalized spacial score (nSPS) is 13.4. The number of carbonyl (C=O) groups is 2. The van der Waals surface area contributed by atoms with Crippen molar-refractivity contribution in [3.05, 3.63) is 0 Å². The van der Waals surface area contributed by atoms with E-state index < -0.39 is 24.1 Å². The zero-order valence-electron chi connectivity index (χ0n) is 7.07. The molecule has 0 aliphatic heterocycles. The topological polar surface area (TPSA) is 156 Å². The molecule has 2 atom stereocenters. The second kappa shape index (κ2) is 8.38. The molecule has 2 unspecified atom stereocenters. The van der Waals surface area contributed by atoms with Gasteiger partial charge in [0.25, 0.3) is 0 Å². The number of hydrogen-bond acceptors (Lipinski definition) is 6. The highest BCUT2D eigenvalue weighted by Gasteiger charge is 2.29. The molecule has 84 valence electrons. The van der Waals surface area contributed by atoms with Crippen molar-refractivity contribution >= 4 is 11.9 Å². The SMILES string of the molecule is O=C(O)C(O)C(O)C(=O)O.OCCO. The first-order valence-electron chi connectivity index (χ1n) is 3.41. The van der Waals surface area contributed by atoms with E-state index >= 15 is 0 Å². The largest absolute Gasteiger partial charge is 0.479 e. The van der Waals surface area contributed by atoms with Crippen molar-refractivity contribution in [1.82, 2.24) is 0 Å². The first kappa shape index (κ1) is 15.3. The Morgan fingerprint density at radius 1 is 0.857 bits per heavy atom. The van der Waals surface area contributed by atoms with E-state index in [4.69, 9.17) is 30.6 Å². The van der Waals surface area contributed by atoms with Crippen LogP contribution in [0.4, 0.5) is 0 Å². The van der Waals surface area contributed by atoms with E-state index in [0.29, 0.717) is 0 Å². The van der Waals surface area contributed by atoms with Crippen LogP contribution < -0.4 is 0 Å². The van der Waals surface area contributed by atoms with Gasteiger partial charge in [-0.2, -0.15) is 0 Å². The maximum atomic E-state index is 9.77. The van der Waals surface area contributed by atoms with E-state index in [0.717, 1.165) is 0 Å². The molecule has 0 heterocycles. The first-order chi connectivity index (χ1) is 6.38. The van der Waals surface area contributed by atoms with Gasteiger partial charge in [0.05, 0.1) is 13.2 Å². The zero-order valence-corrected chi connectivity index (χ0v) is 7.07. The summed E-state index contributed by atoms with van der Waals surface area (Å²) in [5.41, 5.74) is 0. The van der Waals surface area contributed by atoms with Gasteiger partial charge in [0.2, 0.25) is 0 Å². The molecule has 0 aliphatic rings. The van der Waals surface area contributed by atoms with Gasteiger partial charge in [-0.1, -0.05) is 0 Å². The highest BCUT2D eigenvalue weighted by molar-refractivity contribution is 5.82. The van der Waals surface area contributed by atoms with Crippen molar-refractivity contribution in [3.63, 3.8) is 0 Å². The third-order valence-electron chi connectivity index (χ3n) is 0.905. The Morgan fingerprint density at radius 2 is 1.07 bits per heavy atom. The Hall–Kier alpha value is -1.22. The maximum Gasteiger partial charge on any atom is 0.335 e. The van der Waals surface area contributed by atoms with Crippen LogP contribution in [-0.4, -0.2) is 68.0 Å². The molecule has 14 heavy (non-hydrogen) atoms.